The molecule has 1 nitrogen and oxygen atoms in total. The molecule has 0 saturated heterocycles. The number of nitrogens with zero attached hydrogens (tertiary/aromatic N) is 1. The molecule has 0 spiro atoms. The summed E-state index contributed by atoms with van der Waals surface area (Å²) in [6.45, 7) is 0. The van der Waals surface area contributed by atoms with Crippen molar-refractivity contribution in [3.63, 3.8) is 0 Å². The van der Waals surface area contributed by atoms with Crippen LogP contribution in [0.5, 0.6) is 0 Å². The van der Waals surface area contributed by atoms with Gasteiger partial charge in [0.2, 0.25) is 0 Å². The number of hydrogen-bond donors (Lipinski definition) is 0. The summed E-state index contributed by atoms with van der Waals surface area (Å²) in [6, 6.07) is 55.0. The third-order valence-electron chi connectivity index (χ3n) is 7.97. The molecule has 0 atom stereocenters. The van der Waals surface area contributed by atoms with Crippen LogP contribution in [-0.4, -0.2) is 4.57 Å². The molecule has 182 valence electrons. The second-order valence-electron chi connectivity index (χ2n) is 10.2. The van der Waals surface area contributed by atoms with Crippen molar-refractivity contribution in [2.24, 2.45) is 0 Å². The van der Waals surface area contributed by atoms with E-state index in [0.29, 0.717) is 0 Å². The first-order chi connectivity index (χ1) is 19.3. The number of benzene rings is 7. The molecule has 0 radical (unpaired) electrons. The van der Waals surface area contributed by atoms with Crippen LogP contribution >= 0.6 is 0 Å². The van der Waals surface area contributed by atoms with Gasteiger partial charge in [-0.3, -0.25) is 0 Å². The summed E-state index contributed by atoms with van der Waals surface area (Å²) in [4.78, 5) is 0. The fourth-order valence-electron chi connectivity index (χ4n) is 6.05. The van der Waals surface area contributed by atoms with E-state index in [1.807, 2.05) is 0 Å². The van der Waals surface area contributed by atoms with Gasteiger partial charge < -0.3 is 4.57 Å². The van der Waals surface area contributed by atoms with Crippen LogP contribution in [0, 0.1) is 0 Å². The molecular formula is C38H25N. The maximum atomic E-state index is 2.41. The Bertz CT molecular complexity index is 2150. The minimum atomic E-state index is 1.19. The number of aromatic nitrogens is 1. The second kappa shape index (κ2) is 8.72. The SMILES string of the molecule is c1ccc(-c2ccc(-c3ccc4ccc5c(c4c3)c3ccccc3n5-c3ccc4ccccc4c3)cc2)cc1. The Morgan fingerprint density at radius 3 is 1.79 bits per heavy atom. The lowest BCUT2D eigenvalue weighted by Gasteiger charge is -2.10. The summed E-state index contributed by atoms with van der Waals surface area (Å²) in [5.74, 6) is 0. The number of para-hydroxylation sites is 1. The maximum absolute atomic E-state index is 2.41. The van der Waals surface area contributed by atoms with Gasteiger partial charge in [-0.1, -0.05) is 121 Å². The van der Waals surface area contributed by atoms with E-state index in [1.165, 1.54) is 71.3 Å². The fraction of sp³-hybridized carbons (Fsp3) is 0. The second-order valence-corrected chi connectivity index (χ2v) is 10.2. The van der Waals surface area contributed by atoms with Gasteiger partial charge in [-0.15, -0.1) is 0 Å². The summed E-state index contributed by atoms with van der Waals surface area (Å²) < 4.78 is 2.41. The topological polar surface area (TPSA) is 4.93 Å². The molecule has 1 aromatic heterocycles. The summed E-state index contributed by atoms with van der Waals surface area (Å²) in [5, 5.41) is 7.64. The van der Waals surface area contributed by atoms with E-state index in [-0.39, 0.29) is 0 Å². The lowest BCUT2D eigenvalue weighted by Crippen LogP contribution is -1.93. The molecule has 1 heteroatoms. The molecule has 0 fully saturated rings. The van der Waals surface area contributed by atoms with Crippen molar-refractivity contribution < 1.29 is 0 Å². The van der Waals surface area contributed by atoms with Crippen molar-refractivity contribution in [2.75, 3.05) is 0 Å². The fourth-order valence-corrected chi connectivity index (χ4v) is 6.05. The van der Waals surface area contributed by atoms with Gasteiger partial charge in [-0.05, 0) is 74.1 Å². The molecule has 39 heavy (non-hydrogen) atoms. The Hall–Kier alpha value is -5.14. The predicted octanol–water partition coefficient (Wildman–Crippen LogP) is 10.4. The van der Waals surface area contributed by atoms with Gasteiger partial charge in [0.05, 0.1) is 11.0 Å². The highest BCUT2D eigenvalue weighted by atomic mass is 15.0. The average Bonchev–Trinajstić information content (AvgIpc) is 3.36. The third kappa shape index (κ3) is 3.55. The zero-order valence-corrected chi connectivity index (χ0v) is 21.4. The molecule has 7 aromatic carbocycles. The Balaban J connectivity index is 1.34. The van der Waals surface area contributed by atoms with Crippen LogP contribution in [0.1, 0.15) is 0 Å². The van der Waals surface area contributed by atoms with Crippen LogP contribution in [0.15, 0.2) is 152 Å². The monoisotopic (exact) mass is 495 g/mol. The Morgan fingerprint density at radius 2 is 0.949 bits per heavy atom. The molecule has 0 bridgehead atoms. The molecule has 0 aliphatic heterocycles. The van der Waals surface area contributed by atoms with Crippen molar-refractivity contribution in [1.82, 2.24) is 4.57 Å². The summed E-state index contributed by atoms with van der Waals surface area (Å²) in [5.41, 5.74) is 8.59. The van der Waals surface area contributed by atoms with E-state index >= 15 is 0 Å². The molecule has 0 N–H and O–H groups in total. The smallest absolute Gasteiger partial charge is 0.0547 e. The molecule has 1 heterocycles. The van der Waals surface area contributed by atoms with Crippen LogP contribution in [0.2, 0.25) is 0 Å². The van der Waals surface area contributed by atoms with Gasteiger partial charge in [0, 0.05) is 16.5 Å². The minimum Gasteiger partial charge on any atom is -0.309 e. The zero-order valence-electron chi connectivity index (χ0n) is 21.4. The molecular weight excluding hydrogens is 470 g/mol. The van der Waals surface area contributed by atoms with Crippen LogP contribution in [0.4, 0.5) is 0 Å². The van der Waals surface area contributed by atoms with Crippen molar-refractivity contribution >= 4 is 43.4 Å². The van der Waals surface area contributed by atoms with Crippen molar-refractivity contribution in [1.29, 1.82) is 0 Å². The number of fused-ring (bicyclic) bond motifs is 6. The molecule has 0 aliphatic rings. The van der Waals surface area contributed by atoms with Crippen molar-refractivity contribution in [3.8, 4) is 27.9 Å². The van der Waals surface area contributed by atoms with E-state index in [0.717, 1.165) is 0 Å². The highest BCUT2D eigenvalue weighted by Crippen LogP contribution is 2.39. The van der Waals surface area contributed by atoms with E-state index in [9.17, 15) is 0 Å². The largest absolute Gasteiger partial charge is 0.309 e. The Kier molecular flexibility index (Phi) is 4.89. The molecule has 0 aliphatic carbocycles. The molecule has 8 rings (SSSR count). The van der Waals surface area contributed by atoms with Crippen LogP contribution < -0.4 is 0 Å². The number of hydrogen-bond acceptors (Lipinski definition) is 0. The van der Waals surface area contributed by atoms with Gasteiger partial charge in [0.25, 0.3) is 0 Å². The van der Waals surface area contributed by atoms with Crippen LogP contribution in [-0.2, 0) is 0 Å². The van der Waals surface area contributed by atoms with E-state index in [1.54, 1.807) is 0 Å². The van der Waals surface area contributed by atoms with Gasteiger partial charge in [-0.2, -0.15) is 0 Å². The van der Waals surface area contributed by atoms with E-state index in [2.05, 4.69) is 156 Å². The van der Waals surface area contributed by atoms with Crippen molar-refractivity contribution in [2.45, 2.75) is 0 Å². The Labute approximate surface area is 227 Å². The lowest BCUT2D eigenvalue weighted by molar-refractivity contribution is 1.19. The van der Waals surface area contributed by atoms with Crippen LogP contribution in [0.25, 0.3) is 71.3 Å². The molecule has 0 saturated carbocycles. The normalized spacial score (nSPS) is 11.6. The maximum Gasteiger partial charge on any atom is 0.0547 e. The highest BCUT2D eigenvalue weighted by Gasteiger charge is 2.15. The first-order valence-corrected chi connectivity index (χ1v) is 13.4. The summed E-state index contributed by atoms with van der Waals surface area (Å²) >= 11 is 0. The predicted molar refractivity (Wildman–Crippen MR) is 167 cm³/mol. The highest BCUT2D eigenvalue weighted by molar-refractivity contribution is 6.21. The van der Waals surface area contributed by atoms with Gasteiger partial charge in [0.1, 0.15) is 0 Å². The van der Waals surface area contributed by atoms with Crippen molar-refractivity contribution in [3.05, 3.63) is 152 Å². The average molecular weight is 496 g/mol. The third-order valence-corrected chi connectivity index (χ3v) is 7.97. The standard InChI is InChI=1S/C38H25N/c1-2-8-26(9-3-1)28-14-16-29(17-15-28)32-19-18-30-21-23-37-38(35(30)25-32)34-12-6-7-13-36(34)39(37)33-22-20-27-10-4-5-11-31(27)24-33/h1-25H. The summed E-state index contributed by atoms with van der Waals surface area (Å²) in [6.07, 6.45) is 0. The zero-order chi connectivity index (χ0) is 25.8. The first kappa shape index (κ1) is 21.9. The molecule has 0 amide bonds. The van der Waals surface area contributed by atoms with Crippen LogP contribution in [0.3, 0.4) is 0 Å². The summed E-state index contributed by atoms with van der Waals surface area (Å²) in [7, 11) is 0. The number of rotatable bonds is 3. The van der Waals surface area contributed by atoms with E-state index in [4.69, 9.17) is 0 Å². The first-order valence-electron chi connectivity index (χ1n) is 13.4. The molecule has 0 unspecified atom stereocenters. The van der Waals surface area contributed by atoms with Gasteiger partial charge >= 0.3 is 0 Å². The van der Waals surface area contributed by atoms with E-state index < -0.39 is 0 Å². The Morgan fingerprint density at radius 1 is 0.333 bits per heavy atom. The lowest BCUT2D eigenvalue weighted by atomic mass is 9.96. The van der Waals surface area contributed by atoms with Gasteiger partial charge in [0.15, 0.2) is 0 Å². The molecule has 8 aromatic rings. The minimum absolute atomic E-state index is 1.19. The quantitative estimate of drug-likeness (QED) is 0.230. The van der Waals surface area contributed by atoms with Gasteiger partial charge in [-0.25, -0.2) is 0 Å².